The average molecular weight is 258 g/mol. The van der Waals surface area contributed by atoms with Crippen LogP contribution in [0.3, 0.4) is 0 Å². The van der Waals surface area contributed by atoms with Crippen LogP contribution >= 0.6 is 0 Å². The zero-order valence-corrected chi connectivity index (χ0v) is 10.8. The maximum Gasteiger partial charge on any atom is 0.305 e. The quantitative estimate of drug-likeness (QED) is 0.884. The lowest BCUT2D eigenvalue weighted by Crippen LogP contribution is -2.28. The van der Waals surface area contributed by atoms with Gasteiger partial charge in [-0.3, -0.25) is 4.79 Å². The number of nitrogens with zero attached hydrogens (tertiary/aromatic N) is 1. The predicted molar refractivity (Wildman–Crippen MR) is 74.2 cm³/mol. The molecule has 19 heavy (non-hydrogen) atoms. The third-order valence-electron chi connectivity index (χ3n) is 3.96. The lowest BCUT2D eigenvalue weighted by atomic mass is 9.92. The molecule has 0 saturated heterocycles. The Balaban J connectivity index is 2.12. The first-order valence-electron chi connectivity index (χ1n) is 6.73. The summed E-state index contributed by atoms with van der Waals surface area (Å²) in [6.45, 7) is 0.542. The summed E-state index contributed by atoms with van der Waals surface area (Å²) in [6, 6.07) is 8.45. The monoisotopic (exact) mass is 258 g/mol. The Morgan fingerprint density at radius 1 is 1.42 bits per heavy atom. The fraction of sp³-hybridized carbons (Fsp3) is 0.400. The second-order valence-corrected chi connectivity index (χ2v) is 5.24. The molecule has 1 aliphatic rings. The van der Waals surface area contributed by atoms with E-state index < -0.39 is 5.97 Å². The van der Waals surface area contributed by atoms with Crippen LogP contribution in [0.2, 0.25) is 0 Å². The van der Waals surface area contributed by atoms with Crippen molar-refractivity contribution in [1.29, 1.82) is 0 Å². The summed E-state index contributed by atoms with van der Waals surface area (Å²) in [6.07, 6.45) is 2.99. The highest BCUT2D eigenvalue weighted by Crippen LogP contribution is 2.31. The first kappa shape index (κ1) is 12.2. The Kier molecular flexibility index (Phi) is 3.03. The number of carboxylic acid groups (broad SMARTS) is 1. The second-order valence-electron chi connectivity index (χ2n) is 5.24. The van der Waals surface area contributed by atoms with Gasteiger partial charge in [-0.05, 0) is 30.9 Å². The molecule has 100 valence electrons. The Bertz CT molecular complexity index is 630. The van der Waals surface area contributed by atoms with Crippen LogP contribution in [0.1, 0.15) is 24.1 Å². The van der Waals surface area contributed by atoms with E-state index in [0.717, 1.165) is 24.8 Å². The molecule has 4 heteroatoms. The molecule has 3 N–H and O–H groups in total. The van der Waals surface area contributed by atoms with Crippen LogP contribution in [0.5, 0.6) is 0 Å². The van der Waals surface area contributed by atoms with Crippen LogP contribution in [-0.2, 0) is 24.2 Å². The normalized spacial score (nSPS) is 18.5. The maximum atomic E-state index is 10.8. The molecule has 0 aliphatic heterocycles. The SMILES string of the molecule is N[C@@H]1CCc2c(c3ccccc3n2CCC(=O)O)C1. The van der Waals surface area contributed by atoms with Crippen molar-refractivity contribution in [2.45, 2.75) is 38.3 Å². The van der Waals surface area contributed by atoms with Crippen molar-refractivity contribution >= 4 is 16.9 Å². The summed E-state index contributed by atoms with van der Waals surface area (Å²) in [7, 11) is 0. The Morgan fingerprint density at radius 3 is 3.00 bits per heavy atom. The number of aryl methyl sites for hydroxylation is 1. The van der Waals surface area contributed by atoms with Crippen molar-refractivity contribution in [2.75, 3.05) is 0 Å². The van der Waals surface area contributed by atoms with E-state index in [1.165, 1.54) is 16.6 Å². The van der Waals surface area contributed by atoms with Gasteiger partial charge in [0, 0.05) is 29.2 Å². The summed E-state index contributed by atoms with van der Waals surface area (Å²) in [4.78, 5) is 10.8. The number of nitrogens with two attached hydrogens (primary N) is 1. The van der Waals surface area contributed by atoms with Crippen LogP contribution in [0.4, 0.5) is 0 Å². The molecule has 0 unspecified atom stereocenters. The number of rotatable bonds is 3. The molecule has 3 rings (SSSR count). The molecule has 1 heterocycles. The van der Waals surface area contributed by atoms with Gasteiger partial charge in [0.05, 0.1) is 6.42 Å². The Hall–Kier alpha value is -1.81. The largest absolute Gasteiger partial charge is 0.481 e. The molecule has 2 aromatic rings. The van der Waals surface area contributed by atoms with Crippen LogP contribution < -0.4 is 5.73 Å². The van der Waals surface area contributed by atoms with Gasteiger partial charge in [0.1, 0.15) is 0 Å². The van der Waals surface area contributed by atoms with Gasteiger partial charge in [0.25, 0.3) is 0 Å². The third kappa shape index (κ3) is 2.12. The van der Waals surface area contributed by atoms with Gasteiger partial charge in [0.15, 0.2) is 0 Å². The summed E-state index contributed by atoms with van der Waals surface area (Å²) in [5.74, 6) is -0.751. The molecule has 1 aromatic heterocycles. The van der Waals surface area contributed by atoms with Crippen LogP contribution in [-0.4, -0.2) is 21.7 Å². The van der Waals surface area contributed by atoms with Gasteiger partial charge in [-0.2, -0.15) is 0 Å². The molecule has 0 amide bonds. The van der Waals surface area contributed by atoms with E-state index in [9.17, 15) is 4.79 Å². The number of aromatic nitrogens is 1. The summed E-state index contributed by atoms with van der Waals surface area (Å²) in [5, 5.41) is 10.1. The van der Waals surface area contributed by atoms with E-state index in [-0.39, 0.29) is 12.5 Å². The third-order valence-corrected chi connectivity index (χ3v) is 3.96. The highest BCUT2D eigenvalue weighted by Gasteiger charge is 2.23. The molecule has 4 nitrogen and oxygen atoms in total. The van der Waals surface area contributed by atoms with Gasteiger partial charge < -0.3 is 15.4 Å². The topological polar surface area (TPSA) is 68.2 Å². The molecular weight excluding hydrogens is 240 g/mol. The minimum Gasteiger partial charge on any atom is -0.481 e. The minimum absolute atomic E-state index is 0.164. The van der Waals surface area contributed by atoms with Crippen molar-refractivity contribution in [2.24, 2.45) is 5.73 Å². The molecule has 1 aliphatic carbocycles. The highest BCUT2D eigenvalue weighted by atomic mass is 16.4. The van der Waals surface area contributed by atoms with E-state index in [4.69, 9.17) is 10.8 Å². The highest BCUT2D eigenvalue weighted by molar-refractivity contribution is 5.86. The van der Waals surface area contributed by atoms with Crippen LogP contribution in [0, 0.1) is 0 Å². The summed E-state index contributed by atoms with van der Waals surface area (Å²) >= 11 is 0. The van der Waals surface area contributed by atoms with Crippen molar-refractivity contribution in [3.05, 3.63) is 35.5 Å². The number of benzene rings is 1. The molecule has 0 bridgehead atoms. The van der Waals surface area contributed by atoms with Crippen molar-refractivity contribution in [3.8, 4) is 0 Å². The number of fused-ring (bicyclic) bond motifs is 3. The minimum atomic E-state index is -0.751. The van der Waals surface area contributed by atoms with E-state index in [1.807, 2.05) is 12.1 Å². The maximum absolute atomic E-state index is 10.8. The van der Waals surface area contributed by atoms with Gasteiger partial charge >= 0.3 is 5.97 Å². The Labute approximate surface area is 111 Å². The molecule has 0 radical (unpaired) electrons. The molecular formula is C15H18N2O2. The van der Waals surface area contributed by atoms with E-state index in [2.05, 4.69) is 16.7 Å². The van der Waals surface area contributed by atoms with Crippen molar-refractivity contribution < 1.29 is 9.90 Å². The number of para-hydroxylation sites is 1. The van der Waals surface area contributed by atoms with Crippen molar-refractivity contribution in [3.63, 3.8) is 0 Å². The van der Waals surface area contributed by atoms with Gasteiger partial charge in [-0.25, -0.2) is 0 Å². The predicted octanol–water partition coefficient (Wildman–Crippen LogP) is 1.93. The fourth-order valence-corrected chi connectivity index (χ4v) is 3.09. The molecule has 1 atom stereocenters. The average Bonchev–Trinajstić information content (AvgIpc) is 2.70. The van der Waals surface area contributed by atoms with Crippen LogP contribution in [0.25, 0.3) is 10.9 Å². The zero-order valence-electron chi connectivity index (χ0n) is 10.8. The van der Waals surface area contributed by atoms with Crippen LogP contribution in [0.15, 0.2) is 24.3 Å². The molecule has 1 aromatic carbocycles. The van der Waals surface area contributed by atoms with E-state index in [1.54, 1.807) is 0 Å². The van der Waals surface area contributed by atoms with Gasteiger partial charge in [-0.1, -0.05) is 18.2 Å². The summed E-state index contributed by atoms with van der Waals surface area (Å²) in [5.41, 5.74) is 9.81. The molecule has 0 fully saturated rings. The molecule has 0 saturated carbocycles. The number of hydrogen-bond donors (Lipinski definition) is 2. The Morgan fingerprint density at radius 2 is 2.21 bits per heavy atom. The summed E-state index contributed by atoms with van der Waals surface area (Å²) < 4.78 is 2.17. The lowest BCUT2D eigenvalue weighted by molar-refractivity contribution is -0.137. The zero-order chi connectivity index (χ0) is 13.4. The number of carboxylic acids is 1. The number of carbonyl (C=O) groups is 1. The lowest BCUT2D eigenvalue weighted by Gasteiger charge is -2.20. The number of aliphatic carboxylic acids is 1. The standard InChI is InChI=1S/C15H18N2O2/c16-10-5-6-14-12(9-10)11-3-1-2-4-13(11)17(14)8-7-15(18)19/h1-4,10H,5-9,16H2,(H,18,19)/t10-/m1/s1. The molecule has 0 spiro atoms. The van der Waals surface area contributed by atoms with Crippen molar-refractivity contribution in [1.82, 2.24) is 4.57 Å². The first-order chi connectivity index (χ1) is 9.16. The first-order valence-corrected chi connectivity index (χ1v) is 6.73. The van der Waals surface area contributed by atoms with E-state index >= 15 is 0 Å². The van der Waals surface area contributed by atoms with E-state index in [0.29, 0.717) is 6.54 Å². The second kappa shape index (κ2) is 4.70. The van der Waals surface area contributed by atoms with Gasteiger partial charge in [-0.15, -0.1) is 0 Å². The smallest absolute Gasteiger partial charge is 0.305 e. The fourth-order valence-electron chi connectivity index (χ4n) is 3.09. The van der Waals surface area contributed by atoms with Gasteiger partial charge in [0.2, 0.25) is 0 Å². The number of hydrogen-bond acceptors (Lipinski definition) is 2.